The molecule has 16 heavy (non-hydrogen) atoms. The van der Waals surface area contributed by atoms with E-state index in [1.54, 1.807) is 6.07 Å². The van der Waals surface area contributed by atoms with Crippen LogP contribution in [-0.2, 0) is 0 Å². The molecule has 1 aromatic carbocycles. The summed E-state index contributed by atoms with van der Waals surface area (Å²) in [6.45, 7) is 1.81. The topological polar surface area (TPSA) is 38.0 Å². The summed E-state index contributed by atoms with van der Waals surface area (Å²) in [5, 5.41) is 0. The van der Waals surface area contributed by atoms with Crippen molar-refractivity contribution in [2.75, 3.05) is 0 Å². The quantitative estimate of drug-likeness (QED) is 0.385. The maximum atomic E-state index is 12.9. The summed E-state index contributed by atoms with van der Waals surface area (Å²) in [7, 11) is 0. The van der Waals surface area contributed by atoms with Crippen molar-refractivity contribution in [1.29, 1.82) is 0 Å². The molecule has 1 atom stereocenters. The summed E-state index contributed by atoms with van der Waals surface area (Å²) in [6.07, 6.45) is 1.60. The van der Waals surface area contributed by atoms with E-state index < -0.39 is 0 Å². The summed E-state index contributed by atoms with van der Waals surface area (Å²) in [5.74, 6) is 11.1. The third kappa shape index (κ3) is 3.74. The molecule has 0 fully saturated rings. The minimum absolute atomic E-state index is 0.0216. The van der Waals surface area contributed by atoms with Crippen LogP contribution >= 0.6 is 22.6 Å². The molecule has 0 aliphatic heterocycles. The fourth-order valence-corrected chi connectivity index (χ4v) is 2.31. The Morgan fingerprint density at radius 3 is 2.88 bits per heavy atom. The van der Waals surface area contributed by atoms with Gasteiger partial charge in [0.15, 0.2) is 0 Å². The minimum Gasteiger partial charge on any atom is -0.271 e. The zero-order valence-electron chi connectivity index (χ0n) is 9.06. The van der Waals surface area contributed by atoms with Crippen LogP contribution in [0.2, 0.25) is 0 Å². The molecule has 4 heteroatoms. The Bertz CT molecular complexity index is 409. The number of halogens is 2. The van der Waals surface area contributed by atoms with Crippen molar-refractivity contribution in [2.45, 2.75) is 25.8 Å². The SMILES string of the molecule is CC#CCCC(NN)c1ccc(F)cc1I. The van der Waals surface area contributed by atoms with Gasteiger partial charge in [-0.2, -0.15) is 0 Å². The average molecular weight is 332 g/mol. The average Bonchev–Trinajstić information content (AvgIpc) is 2.26. The van der Waals surface area contributed by atoms with Gasteiger partial charge in [-0.1, -0.05) is 6.07 Å². The van der Waals surface area contributed by atoms with Crippen LogP contribution in [0, 0.1) is 21.2 Å². The van der Waals surface area contributed by atoms with Gasteiger partial charge in [0.1, 0.15) is 5.82 Å². The molecular formula is C12H14FIN2. The van der Waals surface area contributed by atoms with E-state index in [1.807, 2.05) is 6.92 Å². The van der Waals surface area contributed by atoms with Crippen LogP contribution in [-0.4, -0.2) is 0 Å². The van der Waals surface area contributed by atoms with Gasteiger partial charge in [0.25, 0.3) is 0 Å². The van der Waals surface area contributed by atoms with Crippen molar-refractivity contribution < 1.29 is 4.39 Å². The van der Waals surface area contributed by atoms with Gasteiger partial charge in [0, 0.05) is 16.0 Å². The van der Waals surface area contributed by atoms with Crippen molar-refractivity contribution in [3.05, 3.63) is 33.1 Å². The maximum Gasteiger partial charge on any atom is 0.124 e. The predicted octanol–water partition coefficient (Wildman–Crippen LogP) is 2.74. The molecule has 0 aliphatic rings. The lowest BCUT2D eigenvalue weighted by Crippen LogP contribution is -2.28. The molecule has 0 saturated carbocycles. The highest BCUT2D eigenvalue weighted by molar-refractivity contribution is 14.1. The van der Waals surface area contributed by atoms with Gasteiger partial charge in [-0.25, -0.2) is 4.39 Å². The molecule has 1 unspecified atom stereocenters. The molecule has 0 radical (unpaired) electrons. The van der Waals surface area contributed by atoms with E-state index in [9.17, 15) is 4.39 Å². The minimum atomic E-state index is -0.225. The van der Waals surface area contributed by atoms with Crippen molar-refractivity contribution >= 4 is 22.6 Å². The zero-order chi connectivity index (χ0) is 12.0. The molecule has 0 heterocycles. The Balaban J connectivity index is 2.80. The third-order valence-corrected chi connectivity index (χ3v) is 3.21. The number of nitrogens with two attached hydrogens (primary N) is 1. The Hall–Kier alpha value is -0.640. The van der Waals surface area contributed by atoms with Gasteiger partial charge in [0.2, 0.25) is 0 Å². The van der Waals surface area contributed by atoms with Gasteiger partial charge in [-0.05, 0) is 53.6 Å². The predicted molar refractivity (Wildman–Crippen MR) is 71.9 cm³/mol. The fourth-order valence-electron chi connectivity index (χ4n) is 1.45. The number of hydrogen-bond donors (Lipinski definition) is 2. The monoisotopic (exact) mass is 332 g/mol. The van der Waals surface area contributed by atoms with Crippen molar-refractivity contribution in [3.63, 3.8) is 0 Å². The third-order valence-electron chi connectivity index (χ3n) is 2.27. The summed E-state index contributed by atoms with van der Waals surface area (Å²) in [5.41, 5.74) is 3.76. The first-order chi connectivity index (χ1) is 7.69. The number of hydrazine groups is 1. The molecule has 0 amide bonds. The molecule has 1 aromatic rings. The highest BCUT2D eigenvalue weighted by Gasteiger charge is 2.12. The normalized spacial score (nSPS) is 11.8. The first-order valence-electron chi connectivity index (χ1n) is 4.99. The van der Waals surface area contributed by atoms with Crippen LogP contribution in [0.4, 0.5) is 4.39 Å². The maximum absolute atomic E-state index is 12.9. The number of rotatable bonds is 4. The summed E-state index contributed by atoms with van der Waals surface area (Å²) in [4.78, 5) is 0. The van der Waals surface area contributed by atoms with E-state index in [4.69, 9.17) is 5.84 Å². The Morgan fingerprint density at radius 1 is 1.56 bits per heavy atom. The fraction of sp³-hybridized carbons (Fsp3) is 0.333. The molecule has 0 spiro atoms. The lowest BCUT2D eigenvalue weighted by molar-refractivity contribution is 0.520. The summed E-state index contributed by atoms with van der Waals surface area (Å²) < 4.78 is 13.8. The molecule has 0 saturated heterocycles. The van der Waals surface area contributed by atoms with E-state index in [-0.39, 0.29) is 11.9 Å². The largest absolute Gasteiger partial charge is 0.271 e. The molecule has 3 N–H and O–H groups in total. The second kappa shape index (κ2) is 6.84. The molecule has 86 valence electrons. The molecule has 1 rings (SSSR count). The van der Waals surface area contributed by atoms with E-state index in [1.165, 1.54) is 12.1 Å². The van der Waals surface area contributed by atoms with Crippen LogP contribution in [0.3, 0.4) is 0 Å². The molecule has 0 bridgehead atoms. The second-order valence-corrected chi connectivity index (χ2v) is 4.51. The number of benzene rings is 1. The number of hydrogen-bond acceptors (Lipinski definition) is 2. The summed E-state index contributed by atoms with van der Waals surface area (Å²) >= 11 is 2.11. The van der Waals surface area contributed by atoms with Crippen LogP contribution in [0.5, 0.6) is 0 Å². The van der Waals surface area contributed by atoms with Gasteiger partial charge < -0.3 is 0 Å². The molecule has 0 aromatic heterocycles. The van der Waals surface area contributed by atoms with Crippen molar-refractivity contribution in [3.8, 4) is 11.8 Å². The first-order valence-corrected chi connectivity index (χ1v) is 6.07. The highest BCUT2D eigenvalue weighted by Crippen LogP contribution is 2.23. The Kier molecular flexibility index (Phi) is 5.74. The van der Waals surface area contributed by atoms with E-state index >= 15 is 0 Å². The van der Waals surface area contributed by atoms with Crippen molar-refractivity contribution in [1.82, 2.24) is 5.43 Å². The standard InChI is InChI=1S/C12H14FIN2/c1-2-3-4-5-12(16-15)10-7-6-9(13)8-11(10)14/h6-8,12,16H,4-5,15H2,1H3. The van der Waals surface area contributed by atoms with Gasteiger partial charge in [-0.15, -0.1) is 11.8 Å². The van der Waals surface area contributed by atoms with Gasteiger partial charge in [0.05, 0.1) is 0 Å². The van der Waals surface area contributed by atoms with Crippen LogP contribution in [0.15, 0.2) is 18.2 Å². The van der Waals surface area contributed by atoms with Crippen molar-refractivity contribution in [2.24, 2.45) is 5.84 Å². The molecule has 0 aliphatic carbocycles. The van der Waals surface area contributed by atoms with Crippen LogP contribution < -0.4 is 11.3 Å². The Labute approximate surface area is 109 Å². The zero-order valence-corrected chi connectivity index (χ0v) is 11.2. The van der Waals surface area contributed by atoms with Crippen LogP contribution in [0.1, 0.15) is 31.4 Å². The molecular weight excluding hydrogens is 318 g/mol. The van der Waals surface area contributed by atoms with Gasteiger partial charge >= 0.3 is 0 Å². The lowest BCUT2D eigenvalue weighted by Gasteiger charge is -2.16. The van der Waals surface area contributed by atoms with Gasteiger partial charge in [-0.3, -0.25) is 11.3 Å². The second-order valence-electron chi connectivity index (χ2n) is 3.35. The summed E-state index contributed by atoms with van der Waals surface area (Å²) in [6, 6.07) is 4.74. The molecule has 2 nitrogen and oxygen atoms in total. The van der Waals surface area contributed by atoms with Crippen LogP contribution in [0.25, 0.3) is 0 Å². The lowest BCUT2D eigenvalue weighted by atomic mass is 10.0. The number of nitrogens with one attached hydrogen (secondary N) is 1. The highest BCUT2D eigenvalue weighted by atomic mass is 127. The first kappa shape index (κ1) is 13.4. The Morgan fingerprint density at radius 2 is 2.31 bits per heavy atom. The smallest absolute Gasteiger partial charge is 0.124 e. The van der Waals surface area contributed by atoms with E-state index in [2.05, 4.69) is 39.9 Å². The van der Waals surface area contributed by atoms with E-state index in [0.29, 0.717) is 0 Å². The van der Waals surface area contributed by atoms with E-state index in [0.717, 1.165) is 22.0 Å².